The van der Waals surface area contributed by atoms with Crippen LogP contribution in [0, 0.1) is 5.92 Å². The molecule has 112 valence electrons. The zero-order valence-electron chi connectivity index (χ0n) is 13.1. The summed E-state index contributed by atoms with van der Waals surface area (Å²) in [5.41, 5.74) is 1.21. The molecule has 1 aromatic carbocycles. The summed E-state index contributed by atoms with van der Waals surface area (Å²) >= 11 is 0. The Balaban J connectivity index is 2.34. The minimum Gasteiger partial charge on any atom is -0.496 e. The highest BCUT2D eigenvalue weighted by atomic mass is 16.5. The van der Waals surface area contributed by atoms with Crippen molar-refractivity contribution in [3.05, 3.63) is 29.8 Å². The Kier molecular flexibility index (Phi) is 7.55. The van der Waals surface area contributed by atoms with Crippen LogP contribution in [0.15, 0.2) is 29.3 Å². The lowest BCUT2D eigenvalue weighted by Gasteiger charge is -2.13. The molecule has 4 nitrogen and oxygen atoms in total. The monoisotopic (exact) mass is 277 g/mol. The van der Waals surface area contributed by atoms with Crippen LogP contribution in [-0.4, -0.2) is 33.2 Å². The minimum atomic E-state index is 0.703. The third-order valence-corrected chi connectivity index (χ3v) is 3.12. The Labute approximate surface area is 122 Å². The highest BCUT2D eigenvalue weighted by Crippen LogP contribution is 2.17. The van der Waals surface area contributed by atoms with E-state index in [-0.39, 0.29) is 0 Å². The van der Waals surface area contributed by atoms with E-state index in [9.17, 15) is 0 Å². The second-order valence-corrected chi connectivity index (χ2v) is 5.17. The first kappa shape index (κ1) is 16.3. The van der Waals surface area contributed by atoms with Gasteiger partial charge in [-0.2, -0.15) is 0 Å². The fourth-order valence-electron chi connectivity index (χ4n) is 1.92. The quantitative estimate of drug-likeness (QED) is 0.594. The molecule has 0 heterocycles. The molecule has 0 aliphatic rings. The molecule has 0 bridgehead atoms. The average Bonchev–Trinajstić information content (AvgIpc) is 2.45. The van der Waals surface area contributed by atoms with Gasteiger partial charge in [0.05, 0.1) is 7.11 Å². The Morgan fingerprint density at radius 3 is 2.55 bits per heavy atom. The summed E-state index contributed by atoms with van der Waals surface area (Å²) in [7, 11) is 3.51. The number of methoxy groups -OCH3 is 1. The molecule has 0 saturated heterocycles. The number of hydrogen-bond donors (Lipinski definition) is 2. The molecule has 1 aromatic rings. The first-order valence-electron chi connectivity index (χ1n) is 7.23. The van der Waals surface area contributed by atoms with Crippen LogP contribution in [0.1, 0.15) is 25.8 Å². The minimum absolute atomic E-state index is 0.703. The van der Waals surface area contributed by atoms with E-state index in [2.05, 4.69) is 35.5 Å². The van der Waals surface area contributed by atoms with Crippen LogP contribution in [0.2, 0.25) is 0 Å². The SMILES string of the molecule is CN=C(NCCc1ccccc1OC)NCCC(C)C. The second-order valence-electron chi connectivity index (χ2n) is 5.17. The predicted molar refractivity (Wildman–Crippen MR) is 85.5 cm³/mol. The maximum absolute atomic E-state index is 5.35. The summed E-state index contributed by atoms with van der Waals surface area (Å²) < 4.78 is 5.35. The summed E-state index contributed by atoms with van der Waals surface area (Å²) in [6.45, 7) is 6.23. The fraction of sp³-hybridized carbons (Fsp3) is 0.562. The number of nitrogens with zero attached hydrogens (tertiary/aromatic N) is 1. The molecule has 0 aromatic heterocycles. The van der Waals surface area contributed by atoms with E-state index < -0.39 is 0 Å². The van der Waals surface area contributed by atoms with Gasteiger partial charge in [0.15, 0.2) is 5.96 Å². The largest absolute Gasteiger partial charge is 0.496 e. The molecule has 0 aliphatic heterocycles. The molecule has 2 N–H and O–H groups in total. The van der Waals surface area contributed by atoms with Gasteiger partial charge in [-0.05, 0) is 30.4 Å². The van der Waals surface area contributed by atoms with Gasteiger partial charge in [-0.1, -0.05) is 32.0 Å². The van der Waals surface area contributed by atoms with E-state index in [0.717, 1.165) is 37.6 Å². The van der Waals surface area contributed by atoms with Gasteiger partial charge in [0.1, 0.15) is 5.75 Å². The number of guanidine groups is 1. The van der Waals surface area contributed by atoms with Crippen LogP contribution in [0.5, 0.6) is 5.75 Å². The lowest BCUT2D eigenvalue weighted by molar-refractivity contribution is 0.409. The van der Waals surface area contributed by atoms with E-state index in [1.807, 2.05) is 18.2 Å². The zero-order valence-corrected chi connectivity index (χ0v) is 13.1. The Morgan fingerprint density at radius 2 is 1.90 bits per heavy atom. The molecule has 0 aliphatic carbocycles. The highest BCUT2D eigenvalue weighted by Gasteiger charge is 2.02. The van der Waals surface area contributed by atoms with Crippen molar-refractivity contribution in [2.24, 2.45) is 10.9 Å². The summed E-state index contributed by atoms with van der Waals surface area (Å²) in [6, 6.07) is 8.11. The summed E-state index contributed by atoms with van der Waals surface area (Å²) in [5.74, 6) is 2.51. The summed E-state index contributed by atoms with van der Waals surface area (Å²) in [4.78, 5) is 4.22. The van der Waals surface area contributed by atoms with Gasteiger partial charge in [0.2, 0.25) is 0 Å². The lowest BCUT2D eigenvalue weighted by atomic mass is 10.1. The number of aliphatic imine (C=N–C) groups is 1. The standard InChI is InChI=1S/C16H27N3O/c1-13(2)9-11-18-16(17-3)19-12-10-14-7-5-6-8-15(14)20-4/h5-8,13H,9-12H2,1-4H3,(H2,17,18,19). The maximum atomic E-state index is 5.35. The van der Waals surface area contributed by atoms with E-state index in [0.29, 0.717) is 5.92 Å². The molecule has 0 radical (unpaired) electrons. The van der Waals surface area contributed by atoms with E-state index in [1.165, 1.54) is 5.56 Å². The number of hydrogen-bond acceptors (Lipinski definition) is 2. The first-order chi connectivity index (χ1) is 9.67. The van der Waals surface area contributed by atoms with Crippen molar-refractivity contribution >= 4 is 5.96 Å². The van der Waals surface area contributed by atoms with Crippen molar-refractivity contribution in [1.29, 1.82) is 0 Å². The Hall–Kier alpha value is -1.71. The molecular formula is C16H27N3O. The molecule has 20 heavy (non-hydrogen) atoms. The van der Waals surface area contributed by atoms with Crippen molar-refractivity contribution in [1.82, 2.24) is 10.6 Å². The molecule has 0 fully saturated rings. The van der Waals surface area contributed by atoms with Crippen LogP contribution >= 0.6 is 0 Å². The summed E-state index contributed by atoms with van der Waals surface area (Å²) in [5, 5.41) is 6.65. The smallest absolute Gasteiger partial charge is 0.190 e. The van der Waals surface area contributed by atoms with E-state index in [1.54, 1.807) is 14.2 Å². The van der Waals surface area contributed by atoms with Crippen LogP contribution in [0.4, 0.5) is 0 Å². The lowest BCUT2D eigenvalue weighted by Crippen LogP contribution is -2.39. The van der Waals surface area contributed by atoms with Crippen molar-refractivity contribution < 1.29 is 4.74 Å². The Morgan fingerprint density at radius 1 is 1.20 bits per heavy atom. The summed E-state index contributed by atoms with van der Waals surface area (Å²) in [6.07, 6.45) is 2.06. The molecule has 1 rings (SSSR count). The van der Waals surface area contributed by atoms with E-state index >= 15 is 0 Å². The molecule has 0 amide bonds. The van der Waals surface area contributed by atoms with Gasteiger partial charge in [-0.15, -0.1) is 0 Å². The molecule has 0 spiro atoms. The molecule has 0 atom stereocenters. The third kappa shape index (κ3) is 5.95. The fourth-order valence-corrected chi connectivity index (χ4v) is 1.92. The van der Waals surface area contributed by atoms with Crippen LogP contribution in [0.3, 0.4) is 0 Å². The topological polar surface area (TPSA) is 45.7 Å². The van der Waals surface area contributed by atoms with E-state index in [4.69, 9.17) is 4.74 Å². The number of para-hydroxylation sites is 1. The zero-order chi connectivity index (χ0) is 14.8. The molecule has 0 unspecified atom stereocenters. The number of ether oxygens (including phenoxy) is 1. The van der Waals surface area contributed by atoms with Crippen LogP contribution in [-0.2, 0) is 6.42 Å². The highest BCUT2D eigenvalue weighted by molar-refractivity contribution is 5.79. The predicted octanol–water partition coefficient (Wildman–Crippen LogP) is 2.45. The normalized spacial score (nSPS) is 11.6. The van der Waals surface area contributed by atoms with Gasteiger partial charge in [-0.3, -0.25) is 4.99 Å². The first-order valence-corrected chi connectivity index (χ1v) is 7.23. The molecular weight excluding hydrogens is 250 g/mol. The number of nitrogens with one attached hydrogen (secondary N) is 2. The van der Waals surface area contributed by atoms with Crippen molar-refractivity contribution in [3.8, 4) is 5.75 Å². The van der Waals surface area contributed by atoms with Gasteiger partial charge in [-0.25, -0.2) is 0 Å². The van der Waals surface area contributed by atoms with Crippen molar-refractivity contribution in [2.75, 3.05) is 27.2 Å². The van der Waals surface area contributed by atoms with Gasteiger partial charge < -0.3 is 15.4 Å². The average molecular weight is 277 g/mol. The van der Waals surface area contributed by atoms with Gasteiger partial charge >= 0.3 is 0 Å². The second kappa shape index (κ2) is 9.23. The van der Waals surface area contributed by atoms with Gasteiger partial charge in [0.25, 0.3) is 0 Å². The maximum Gasteiger partial charge on any atom is 0.190 e. The number of rotatable bonds is 7. The van der Waals surface area contributed by atoms with Gasteiger partial charge in [0, 0.05) is 20.1 Å². The van der Waals surface area contributed by atoms with Crippen molar-refractivity contribution in [2.45, 2.75) is 26.7 Å². The Bertz CT molecular complexity index is 416. The third-order valence-electron chi connectivity index (χ3n) is 3.12. The molecule has 4 heteroatoms. The molecule has 0 saturated carbocycles. The van der Waals surface area contributed by atoms with Crippen molar-refractivity contribution in [3.63, 3.8) is 0 Å². The van der Waals surface area contributed by atoms with Crippen LogP contribution in [0.25, 0.3) is 0 Å². The van der Waals surface area contributed by atoms with Crippen LogP contribution < -0.4 is 15.4 Å². The number of benzene rings is 1.